The molecule has 0 saturated carbocycles. The molecule has 0 saturated heterocycles. The highest BCUT2D eigenvalue weighted by atomic mass is 79.9. The Morgan fingerprint density at radius 1 is 1.29 bits per heavy atom. The average molecular weight is 344 g/mol. The van der Waals surface area contributed by atoms with Gasteiger partial charge in [0, 0.05) is 22.6 Å². The van der Waals surface area contributed by atoms with E-state index in [9.17, 15) is 4.79 Å². The van der Waals surface area contributed by atoms with E-state index < -0.39 is 0 Å². The van der Waals surface area contributed by atoms with Crippen molar-refractivity contribution in [3.8, 4) is 0 Å². The van der Waals surface area contributed by atoms with Crippen LogP contribution in [0.5, 0.6) is 0 Å². The van der Waals surface area contributed by atoms with Crippen molar-refractivity contribution in [2.45, 2.75) is 13.0 Å². The Labute approximate surface area is 130 Å². The van der Waals surface area contributed by atoms with Crippen LogP contribution in [0.1, 0.15) is 13.0 Å². The van der Waals surface area contributed by atoms with Crippen LogP contribution in [0.3, 0.4) is 0 Å². The summed E-state index contributed by atoms with van der Waals surface area (Å²) in [6.07, 6.45) is 3.44. The lowest BCUT2D eigenvalue weighted by Gasteiger charge is -2.13. The van der Waals surface area contributed by atoms with Crippen LogP contribution < -0.4 is 5.32 Å². The maximum Gasteiger partial charge on any atom is 0.248 e. The molecule has 3 aromatic rings. The van der Waals surface area contributed by atoms with Gasteiger partial charge in [0.1, 0.15) is 6.04 Å². The molecule has 106 valence electrons. The van der Waals surface area contributed by atoms with E-state index in [2.05, 4.69) is 26.3 Å². The zero-order chi connectivity index (χ0) is 14.8. The van der Waals surface area contributed by atoms with Gasteiger partial charge in [0.2, 0.25) is 5.91 Å². The van der Waals surface area contributed by atoms with Crippen LogP contribution in [0.15, 0.2) is 59.3 Å². The average Bonchev–Trinajstić information content (AvgIpc) is 3.00. The Morgan fingerprint density at radius 3 is 2.90 bits per heavy atom. The summed E-state index contributed by atoms with van der Waals surface area (Å²) in [4.78, 5) is 12.2. The van der Waals surface area contributed by atoms with Gasteiger partial charge in [0.15, 0.2) is 0 Å². The molecular weight excluding hydrogens is 330 g/mol. The number of carbonyl (C=O) groups excluding carboxylic acids is 1. The second kappa shape index (κ2) is 5.69. The van der Waals surface area contributed by atoms with E-state index in [0.29, 0.717) is 0 Å². The fourth-order valence-electron chi connectivity index (χ4n) is 2.20. The predicted molar refractivity (Wildman–Crippen MR) is 87.2 cm³/mol. The van der Waals surface area contributed by atoms with Gasteiger partial charge in [-0.25, -0.2) is 0 Å². The number of rotatable bonds is 3. The molecule has 21 heavy (non-hydrogen) atoms. The SMILES string of the molecule is CC(C(=O)Nc1ccc2c(Br)cccc2c1)n1cccn1. The molecule has 0 radical (unpaired) electrons. The maximum absolute atomic E-state index is 12.2. The summed E-state index contributed by atoms with van der Waals surface area (Å²) in [6, 6.07) is 13.3. The first kappa shape index (κ1) is 13.8. The van der Waals surface area contributed by atoms with E-state index in [-0.39, 0.29) is 11.9 Å². The lowest BCUT2D eigenvalue weighted by molar-refractivity contribution is -0.119. The van der Waals surface area contributed by atoms with Crippen LogP contribution in [0.25, 0.3) is 10.8 Å². The van der Waals surface area contributed by atoms with Crippen molar-refractivity contribution < 1.29 is 4.79 Å². The summed E-state index contributed by atoms with van der Waals surface area (Å²) in [7, 11) is 0. The summed E-state index contributed by atoms with van der Waals surface area (Å²) in [6.45, 7) is 1.82. The molecule has 1 unspecified atom stereocenters. The molecule has 1 atom stereocenters. The summed E-state index contributed by atoms with van der Waals surface area (Å²) >= 11 is 3.52. The molecule has 4 nitrogen and oxygen atoms in total. The number of nitrogens with one attached hydrogen (secondary N) is 1. The Morgan fingerprint density at radius 2 is 2.14 bits per heavy atom. The van der Waals surface area contributed by atoms with E-state index in [1.807, 2.05) is 43.3 Å². The number of amides is 1. The monoisotopic (exact) mass is 343 g/mol. The van der Waals surface area contributed by atoms with E-state index in [4.69, 9.17) is 0 Å². The third-order valence-electron chi connectivity index (χ3n) is 3.40. The zero-order valence-corrected chi connectivity index (χ0v) is 13.0. The van der Waals surface area contributed by atoms with Crippen molar-refractivity contribution in [2.75, 3.05) is 5.32 Å². The number of hydrogen-bond acceptors (Lipinski definition) is 2. The molecule has 5 heteroatoms. The highest BCUT2D eigenvalue weighted by Crippen LogP contribution is 2.26. The van der Waals surface area contributed by atoms with Gasteiger partial charge in [-0.2, -0.15) is 5.10 Å². The van der Waals surface area contributed by atoms with E-state index in [0.717, 1.165) is 20.9 Å². The van der Waals surface area contributed by atoms with E-state index in [1.54, 1.807) is 23.1 Å². The molecule has 0 bridgehead atoms. The van der Waals surface area contributed by atoms with Crippen molar-refractivity contribution in [1.82, 2.24) is 9.78 Å². The number of aromatic nitrogens is 2. The van der Waals surface area contributed by atoms with Crippen LogP contribution in [0, 0.1) is 0 Å². The van der Waals surface area contributed by atoms with Gasteiger partial charge < -0.3 is 5.32 Å². The lowest BCUT2D eigenvalue weighted by Crippen LogP contribution is -2.23. The maximum atomic E-state index is 12.2. The predicted octanol–water partition coefficient (Wildman–Crippen LogP) is 4.00. The number of halogens is 1. The van der Waals surface area contributed by atoms with Crippen molar-refractivity contribution in [2.24, 2.45) is 0 Å². The molecule has 0 aliphatic carbocycles. The topological polar surface area (TPSA) is 46.9 Å². The van der Waals surface area contributed by atoms with Gasteiger partial charge in [-0.3, -0.25) is 9.48 Å². The van der Waals surface area contributed by atoms with Gasteiger partial charge in [0.25, 0.3) is 0 Å². The number of hydrogen-bond donors (Lipinski definition) is 1. The van der Waals surface area contributed by atoms with Crippen molar-refractivity contribution >= 4 is 38.3 Å². The lowest BCUT2D eigenvalue weighted by atomic mass is 10.1. The third kappa shape index (κ3) is 2.83. The van der Waals surface area contributed by atoms with Gasteiger partial charge in [-0.1, -0.05) is 34.1 Å². The Hall–Kier alpha value is -2.14. The van der Waals surface area contributed by atoms with Crippen LogP contribution in [0.4, 0.5) is 5.69 Å². The van der Waals surface area contributed by atoms with Gasteiger partial charge >= 0.3 is 0 Å². The van der Waals surface area contributed by atoms with Crippen molar-refractivity contribution in [1.29, 1.82) is 0 Å². The van der Waals surface area contributed by atoms with Gasteiger partial charge in [-0.05, 0) is 42.0 Å². The molecular formula is C16H14BrN3O. The van der Waals surface area contributed by atoms with Crippen LogP contribution in [0.2, 0.25) is 0 Å². The molecule has 1 aromatic heterocycles. The fourth-order valence-corrected chi connectivity index (χ4v) is 2.71. The molecule has 1 amide bonds. The largest absolute Gasteiger partial charge is 0.324 e. The minimum atomic E-state index is -0.349. The van der Waals surface area contributed by atoms with Crippen LogP contribution >= 0.6 is 15.9 Å². The Kier molecular flexibility index (Phi) is 3.75. The molecule has 1 heterocycles. The first-order valence-corrected chi connectivity index (χ1v) is 7.43. The molecule has 0 fully saturated rings. The standard InChI is InChI=1S/C16H14BrN3O/c1-11(20-9-3-8-18-20)16(21)19-13-6-7-14-12(10-13)4-2-5-15(14)17/h2-11H,1H3,(H,19,21). The van der Waals surface area contributed by atoms with E-state index in [1.165, 1.54) is 0 Å². The number of nitrogens with zero attached hydrogens (tertiary/aromatic N) is 2. The molecule has 2 aromatic carbocycles. The number of carbonyl (C=O) groups is 1. The minimum absolute atomic E-state index is 0.0898. The highest BCUT2D eigenvalue weighted by molar-refractivity contribution is 9.10. The summed E-state index contributed by atoms with van der Waals surface area (Å²) < 4.78 is 2.68. The summed E-state index contributed by atoms with van der Waals surface area (Å²) in [5.41, 5.74) is 0.782. The summed E-state index contributed by atoms with van der Waals surface area (Å²) in [5.74, 6) is -0.0898. The second-order valence-electron chi connectivity index (χ2n) is 4.83. The minimum Gasteiger partial charge on any atom is -0.324 e. The van der Waals surface area contributed by atoms with Crippen molar-refractivity contribution in [3.05, 3.63) is 59.3 Å². The van der Waals surface area contributed by atoms with Crippen molar-refractivity contribution in [3.63, 3.8) is 0 Å². The number of anilines is 1. The second-order valence-corrected chi connectivity index (χ2v) is 5.68. The molecule has 0 aliphatic heterocycles. The quantitative estimate of drug-likeness (QED) is 0.781. The highest BCUT2D eigenvalue weighted by Gasteiger charge is 2.15. The van der Waals surface area contributed by atoms with Crippen LogP contribution in [-0.2, 0) is 4.79 Å². The van der Waals surface area contributed by atoms with Gasteiger partial charge in [0.05, 0.1) is 0 Å². The molecule has 1 N–H and O–H groups in total. The summed E-state index contributed by atoms with van der Waals surface area (Å²) in [5, 5.41) is 9.22. The number of benzene rings is 2. The molecule has 0 aliphatic rings. The molecule has 0 spiro atoms. The first-order valence-electron chi connectivity index (χ1n) is 6.63. The Bertz CT molecular complexity index is 783. The van der Waals surface area contributed by atoms with Crippen LogP contribution in [-0.4, -0.2) is 15.7 Å². The van der Waals surface area contributed by atoms with Gasteiger partial charge in [-0.15, -0.1) is 0 Å². The number of fused-ring (bicyclic) bond motifs is 1. The molecule has 3 rings (SSSR count). The van der Waals surface area contributed by atoms with E-state index >= 15 is 0 Å². The smallest absolute Gasteiger partial charge is 0.248 e. The Balaban J connectivity index is 1.83. The third-order valence-corrected chi connectivity index (χ3v) is 4.09. The normalized spacial score (nSPS) is 12.3. The first-order chi connectivity index (χ1) is 10.1. The zero-order valence-electron chi connectivity index (χ0n) is 11.5. The fraction of sp³-hybridized carbons (Fsp3) is 0.125.